The van der Waals surface area contributed by atoms with E-state index in [9.17, 15) is 0 Å². The van der Waals surface area contributed by atoms with E-state index < -0.39 is 0 Å². The zero-order chi connectivity index (χ0) is 6.97. The van der Waals surface area contributed by atoms with Gasteiger partial charge in [0.05, 0.1) is 6.26 Å². The molecule has 0 bridgehead atoms. The predicted molar refractivity (Wildman–Crippen MR) is 32.6 cm³/mol. The number of nitrogens with zero attached hydrogens (tertiary/aromatic N) is 2. The molecule has 2 heterocycles. The van der Waals surface area contributed by atoms with Gasteiger partial charge in [-0.25, -0.2) is 0 Å². The Labute approximate surface area is 56.5 Å². The number of rotatable bonds is 0. The van der Waals surface area contributed by atoms with Crippen molar-refractivity contribution in [3.8, 4) is 17.3 Å². The maximum atomic E-state index is 8.94. The van der Waals surface area contributed by atoms with Gasteiger partial charge in [0.1, 0.15) is 5.69 Å². The molecule has 2 aliphatic heterocycles. The number of fused-ring (bicyclic) bond motifs is 1. The summed E-state index contributed by atoms with van der Waals surface area (Å²) in [5, 5.41) is 16.0. The molecule has 0 aromatic carbocycles. The Morgan fingerprint density at radius 1 is 1.40 bits per heavy atom. The Bertz CT molecular complexity index is 318. The van der Waals surface area contributed by atoms with Crippen LogP contribution in [0.5, 0.6) is 5.88 Å². The Morgan fingerprint density at radius 2 is 2.30 bits per heavy atom. The minimum atomic E-state index is -0.157. The van der Waals surface area contributed by atoms with Crippen LogP contribution >= 0.6 is 0 Å². The van der Waals surface area contributed by atoms with E-state index in [0.717, 1.165) is 0 Å². The Hall–Kier alpha value is -1.58. The minimum Gasteiger partial charge on any atom is -0.490 e. The third-order valence-corrected chi connectivity index (χ3v) is 1.21. The summed E-state index contributed by atoms with van der Waals surface area (Å²) in [5.41, 5.74) is 0.569. The zero-order valence-electron chi connectivity index (χ0n) is 4.98. The Balaban J connectivity index is 2.78. The molecular formula is C6H4N2O2. The summed E-state index contributed by atoms with van der Waals surface area (Å²) in [7, 11) is 0. The van der Waals surface area contributed by atoms with E-state index in [4.69, 9.17) is 9.52 Å². The molecule has 1 N–H and O–H groups in total. The molecule has 10 heavy (non-hydrogen) atoms. The average molecular weight is 136 g/mol. The van der Waals surface area contributed by atoms with Crippen molar-refractivity contribution in [3.05, 3.63) is 18.4 Å². The molecule has 0 fully saturated rings. The number of aromatic hydroxyl groups is 1. The second kappa shape index (κ2) is 1.70. The second-order valence-corrected chi connectivity index (χ2v) is 1.85. The molecule has 0 atom stereocenters. The lowest BCUT2D eigenvalue weighted by Gasteiger charge is -1.90. The highest BCUT2D eigenvalue weighted by atomic mass is 16.4. The molecule has 4 heteroatoms. The minimum absolute atomic E-state index is 0.157. The molecule has 0 aliphatic carbocycles. The summed E-state index contributed by atoms with van der Waals surface area (Å²) in [5.74, 6) is 0.179. The molecule has 2 aliphatic rings. The lowest BCUT2D eigenvalue weighted by Crippen LogP contribution is -1.72. The molecule has 2 rings (SSSR count). The van der Waals surface area contributed by atoms with Crippen LogP contribution in [-0.4, -0.2) is 15.3 Å². The lowest BCUT2D eigenvalue weighted by molar-refractivity contribution is 0.431. The van der Waals surface area contributed by atoms with Gasteiger partial charge in [-0.1, -0.05) is 0 Å². The second-order valence-electron chi connectivity index (χ2n) is 1.85. The van der Waals surface area contributed by atoms with E-state index in [1.54, 1.807) is 12.1 Å². The smallest absolute Gasteiger partial charge is 0.276 e. The number of hydrogen-bond donors (Lipinski definition) is 1. The van der Waals surface area contributed by atoms with Crippen LogP contribution in [0, 0.1) is 0 Å². The van der Waals surface area contributed by atoms with E-state index in [2.05, 4.69) is 10.2 Å². The van der Waals surface area contributed by atoms with Gasteiger partial charge in [0.2, 0.25) is 5.76 Å². The normalized spacial score (nSPS) is 10.4. The summed E-state index contributed by atoms with van der Waals surface area (Å²) < 4.78 is 4.91. The predicted octanol–water partition coefficient (Wildman–Crippen LogP) is 0.880. The van der Waals surface area contributed by atoms with Crippen LogP contribution in [0.4, 0.5) is 0 Å². The highest BCUT2D eigenvalue weighted by Crippen LogP contribution is 2.26. The molecule has 0 radical (unpaired) electrons. The fourth-order valence-electron chi connectivity index (χ4n) is 0.766. The van der Waals surface area contributed by atoms with Crippen molar-refractivity contribution < 1.29 is 9.52 Å². The molecule has 0 saturated carbocycles. The van der Waals surface area contributed by atoms with Gasteiger partial charge in [0.25, 0.3) is 5.88 Å². The molecule has 0 aromatic rings. The van der Waals surface area contributed by atoms with Crippen molar-refractivity contribution in [2.75, 3.05) is 0 Å². The van der Waals surface area contributed by atoms with Crippen molar-refractivity contribution in [1.29, 1.82) is 0 Å². The van der Waals surface area contributed by atoms with Gasteiger partial charge >= 0.3 is 0 Å². The van der Waals surface area contributed by atoms with E-state index in [0.29, 0.717) is 11.5 Å². The average Bonchev–Trinajstić information content (AvgIpc) is 2.34. The van der Waals surface area contributed by atoms with Crippen LogP contribution in [-0.2, 0) is 0 Å². The third kappa shape index (κ3) is 0.556. The lowest BCUT2D eigenvalue weighted by atomic mass is 10.3. The molecular weight excluding hydrogens is 132 g/mol. The molecule has 0 spiro atoms. The Morgan fingerprint density at radius 3 is 3.10 bits per heavy atom. The van der Waals surface area contributed by atoms with Crippen LogP contribution in [0.2, 0.25) is 0 Å². The number of aromatic nitrogens is 2. The summed E-state index contributed by atoms with van der Waals surface area (Å²) in [4.78, 5) is 0. The fourth-order valence-corrected chi connectivity index (χ4v) is 0.766. The van der Waals surface area contributed by atoms with Gasteiger partial charge in [-0.15, -0.1) is 10.2 Å². The fraction of sp³-hybridized carbons (Fsp3) is 0. The van der Waals surface area contributed by atoms with Crippen LogP contribution in [0.25, 0.3) is 11.5 Å². The Kier molecular flexibility index (Phi) is 0.887. The summed E-state index contributed by atoms with van der Waals surface area (Å²) in [6.45, 7) is 0. The SMILES string of the molecule is Oc1nnc2cccoc1-2. The third-order valence-electron chi connectivity index (χ3n) is 1.21. The van der Waals surface area contributed by atoms with Gasteiger partial charge in [-0.2, -0.15) is 0 Å². The van der Waals surface area contributed by atoms with Gasteiger partial charge in [0, 0.05) is 0 Å². The van der Waals surface area contributed by atoms with Gasteiger partial charge in [0.15, 0.2) is 0 Å². The van der Waals surface area contributed by atoms with E-state index in [1.165, 1.54) is 6.26 Å². The van der Waals surface area contributed by atoms with Gasteiger partial charge in [-0.05, 0) is 12.1 Å². The quantitative estimate of drug-likeness (QED) is 0.584. The number of hydrogen-bond acceptors (Lipinski definition) is 4. The van der Waals surface area contributed by atoms with Crippen LogP contribution < -0.4 is 0 Å². The first-order chi connectivity index (χ1) is 4.88. The first kappa shape index (κ1) is 5.22. The zero-order valence-corrected chi connectivity index (χ0v) is 4.98. The molecule has 0 saturated heterocycles. The molecule has 4 nitrogen and oxygen atoms in total. The summed E-state index contributed by atoms with van der Waals surface area (Å²) >= 11 is 0. The molecule has 0 unspecified atom stereocenters. The molecule has 0 aromatic heterocycles. The maximum Gasteiger partial charge on any atom is 0.276 e. The monoisotopic (exact) mass is 136 g/mol. The van der Waals surface area contributed by atoms with Gasteiger partial charge in [-0.3, -0.25) is 0 Å². The van der Waals surface area contributed by atoms with E-state index in [-0.39, 0.29) is 5.88 Å². The van der Waals surface area contributed by atoms with Crippen molar-refractivity contribution >= 4 is 0 Å². The van der Waals surface area contributed by atoms with Crippen LogP contribution in [0.1, 0.15) is 0 Å². The first-order valence-electron chi connectivity index (χ1n) is 2.77. The van der Waals surface area contributed by atoms with Gasteiger partial charge < -0.3 is 9.52 Å². The van der Waals surface area contributed by atoms with Crippen LogP contribution in [0.15, 0.2) is 22.8 Å². The highest BCUT2D eigenvalue weighted by Gasteiger charge is 2.12. The topological polar surface area (TPSA) is 59.2 Å². The largest absolute Gasteiger partial charge is 0.490 e. The first-order valence-corrected chi connectivity index (χ1v) is 2.77. The summed E-state index contributed by atoms with van der Waals surface area (Å²) in [6, 6.07) is 3.40. The van der Waals surface area contributed by atoms with Crippen molar-refractivity contribution in [2.24, 2.45) is 0 Å². The summed E-state index contributed by atoms with van der Waals surface area (Å²) in [6.07, 6.45) is 1.46. The van der Waals surface area contributed by atoms with Crippen LogP contribution in [0.3, 0.4) is 0 Å². The van der Waals surface area contributed by atoms with Crippen molar-refractivity contribution in [3.63, 3.8) is 0 Å². The molecule has 0 amide bonds. The van der Waals surface area contributed by atoms with Crippen molar-refractivity contribution in [2.45, 2.75) is 0 Å². The molecule has 50 valence electrons. The van der Waals surface area contributed by atoms with E-state index in [1.807, 2.05) is 0 Å². The highest BCUT2D eigenvalue weighted by molar-refractivity contribution is 5.57. The van der Waals surface area contributed by atoms with Crippen molar-refractivity contribution in [1.82, 2.24) is 10.2 Å². The van der Waals surface area contributed by atoms with E-state index >= 15 is 0 Å². The standard InChI is InChI=1S/C6H4N2O2/c9-6-5-4(7-8-6)2-1-3-10-5/h1-3,9H. The maximum absolute atomic E-state index is 8.94.